The molecule has 0 fully saturated rings. The molecule has 1 atom stereocenters. The zero-order valence-electron chi connectivity index (χ0n) is 11.4. The first-order chi connectivity index (χ1) is 10.0. The van der Waals surface area contributed by atoms with E-state index in [1.165, 1.54) is 0 Å². The fraction of sp³-hybridized carbons (Fsp3) is 0.200. The summed E-state index contributed by atoms with van der Waals surface area (Å²) in [5.74, 6) is 0. The summed E-state index contributed by atoms with van der Waals surface area (Å²) in [6, 6.07) is 16.2. The molecule has 0 amide bonds. The van der Waals surface area contributed by atoms with Crippen LogP contribution in [0, 0.1) is 0 Å². The lowest BCUT2D eigenvalue weighted by atomic mass is 10.1. The molecule has 0 saturated heterocycles. The molecule has 112 valence electrons. The molecule has 1 unspecified atom stereocenters. The van der Waals surface area contributed by atoms with Gasteiger partial charge in [0.05, 0.1) is 4.90 Å². The van der Waals surface area contributed by atoms with Gasteiger partial charge in [-0.25, -0.2) is 13.1 Å². The maximum absolute atomic E-state index is 12.2. The van der Waals surface area contributed by atoms with Gasteiger partial charge in [0.1, 0.15) is 0 Å². The van der Waals surface area contributed by atoms with Crippen molar-refractivity contribution in [3.63, 3.8) is 0 Å². The molecule has 2 aromatic carbocycles. The Morgan fingerprint density at radius 3 is 2.33 bits per heavy atom. The van der Waals surface area contributed by atoms with Gasteiger partial charge in [-0.1, -0.05) is 42.5 Å². The summed E-state index contributed by atoms with van der Waals surface area (Å²) >= 11 is 3.25. The molecule has 21 heavy (non-hydrogen) atoms. The number of sulfonamides is 1. The molecule has 0 spiro atoms. The summed E-state index contributed by atoms with van der Waals surface area (Å²) in [5.41, 5.74) is 7.05. The van der Waals surface area contributed by atoms with Crippen LogP contribution in [-0.4, -0.2) is 15.0 Å². The molecule has 0 saturated carbocycles. The summed E-state index contributed by atoms with van der Waals surface area (Å²) in [5, 5.41) is 0. The lowest BCUT2D eigenvalue weighted by Gasteiger charge is -2.13. The van der Waals surface area contributed by atoms with E-state index in [9.17, 15) is 8.42 Å². The highest BCUT2D eigenvalue weighted by Gasteiger charge is 2.17. The molecule has 4 nitrogen and oxygen atoms in total. The number of rotatable bonds is 6. The van der Waals surface area contributed by atoms with Crippen molar-refractivity contribution in [1.82, 2.24) is 4.72 Å². The second-order valence-electron chi connectivity index (χ2n) is 4.63. The van der Waals surface area contributed by atoms with E-state index in [2.05, 4.69) is 20.7 Å². The average Bonchev–Trinajstić information content (AvgIpc) is 2.48. The molecule has 0 bridgehead atoms. The summed E-state index contributed by atoms with van der Waals surface area (Å²) in [7, 11) is -3.52. The highest BCUT2D eigenvalue weighted by atomic mass is 79.9. The van der Waals surface area contributed by atoms with Crippen LogP contribution in [0.2, 0.25) is 0 Å². The second-order valence-corrected chi connectivity index (χ2v) is 7.22. The van der Waals surface area contributed by atoms with E-state index in [0.29, 0.717) is 17.4 Å². The third kappa shape index (κ3) is 4.38. The number of nitrogens with one attached hydrogen (secondary N) is 1. The van der Waals surface area contributed by atoms with Crippen LogP contribution < -0.4 is 10.5 Å². The summed E-state index contributed by atoms with van der Waals surface area (Å²) in [4.78, 5) is 0.235. The first-order valence-corrected chi connectivity index (χ1v) is 8.83. The Labute approximate surface area is 133 Å². The number of hydrogen-bond donors (Lipinski definition) is 2. The normalized spacial score (nSPS) is 13.0. The van der Waals surface area contributed by atoms with Crippen molar-refractivity contribution < 1.29 is 8.42 Å². The Morgan fingerprint density at radius 2 is 1.67 bits per heavy atom. The van der Waals surface area contributed by atoms with Crippen molar-refractivity contribution in [3.8, 4) is 0 Å². The van der Waals surface area contributed by atoms with Gasteiger partial charge in [-0.3, -0.25) is 0 Å². The molecule has 3 N–H and O–H groups in total. The Kier molecular flexibility index (Phi) is 5.52. The zero-order valence-corrected chi connectivity index (χ0v) is 13.8. The van der Waals surface area contributed by atoms with Gasteiger partial charge in [-0.2, -0.15) is 0 Å². The van der Waals surface area contributed by atoms with Crippen molar-refractivity contribution in [1.29, 1.82) is 0 Å². The molecule has 2 rings (SSSR count). The summed E-state index contributed by atoms with van der Waals surface area (Å²) < 4.78 is 27.5. The standard InChI is InChI=1S/C15H17BrN2O2S/c16-13-8-4-5-9-15(13)21(19,20)18-11-10-14(17)12-6-2-1-3-7-12/h1-9,14,18H,10-11,17H2. The van der Waals surface area contributed by atoms with E-state index in [-0.39, 0.29) is 10.9 Å². The second kappa shape index (κ2) is 7.17. The van der Waals surface area contributed by atoms with Crippen LogP contribution in [0.3, 0.4) is 0 Å². The Morgan fingerprint density at radius 1 is 1.05 bits per heavy atom. The Hall–Kier alpha value is -1.21. The van der Waals surface area contributed by atoms with Gasteiger partial charge >= 0.3 is 0 Å². The molecular formula is C15H17BrN2O2S. The van der Waals surface area contributed by atoms with E-state index in [1.807, 2.05) is 30.3 Å². The van der Waals surface area contributed by atoms with Crippen molar-refractivity contribution >= 4 is 26.0 Å². The fourth-order valence-electron chi connectivity index (χ4n) is 1.96. The third-order valence-corrected chi connectivity index (χ3v) is 5.57. The van der Waals surface area contributed by atoms with Crippen LogP contribution in [0.25, 0.3) is 0 Å². The molecule has 0 heterocycles. The lowest BCUT2D eigenvalue weighted by Crippen LogP contribution is -2.27. The Bertz CT molecular complexity index is 690. The number of benzene rings is 2. The first-order valence-electron chi connectivity index (χ1n) is 6.55. The summed E-state index contributed by atoms with van der Waals surface area (Å²) in [6.07, 6.45) is 0.535. The minimum atomic E-state index is -3.52. The molecule has 0 aliphatic carbocycles. The largest absolute Gasteiger partial charge is 0.324 e. The topological polar surface area (TPSA) is 72.2 Å². The minimum Gasteiger partial charge on any atom is -0.324 e. The average molecular weight is 369 g/mol. The van der Waals surface area contributed by atoms with Crippen LogP contribution in [0.5, 0.6) is 0 Å². The van der Waals surface area contributed by atoms with Crippen LogP contribution in [0.15, 0.2) is 64.0 Å². The van der Waals surface area contributed by atoms with E-state index in [4.69, 9.17) is 5.73 Å². The fourth-order valence-corrected chi connectivity index (χ4v) is 4.00. The van der Waals surface area contributed by atoms with Crippen molar-refractivity contribution in [2.45, 2.75) is 17.4 Å². The van der Waals surface area contributed by atoms with E-state index >= 15 is 0 Å². The molecular weight excluding hydrogens is 352 g/mol. The van der Waals surface area contributed by atoms with Crippen LogP contribution >= 0.6 is 15.9 Å². The van der Waals surface area contributed by atoms with E-state index < -0.39 is 10.0 Å². The van der Waals surface area contributed by atoms with Gasteiger partial charge in [0.2, 0.25) is 10.0 Å². The van der Waals surface area contributed by atoms with Crippen molar-refractivity contribution in [2.75, 3.05) is 6.54 Å². The van der Waals surface area contributed by atoms with Gasteiger partial charge < -0.3 is 5.73 Å². The number of hydrogen-bond acceptors (Lipinski definition) is 3. The first kappa shape index (κ1) is 16.2. The SMILES string of the molecule is NC(CCNS(=O)(=O)c1ccccc1Br)c1ccccc1. The predicted octanol–water partition coefficient (Wildman–Crippen LogP) is 2.82. The number of halogens is 1. The van der Waals surface area contributed by atoms with E-state index in [1.54, 1.807) is 24.3 Å². The number of nitrogens with two attached hydrogens (primary N) is 1. The molecule has 6 heteroatoms. The molecule has 0 aromatic heterocycles. The van der Waals surface area contributed by atoms with Gasteiger partial charge in [0.15, 0.2) is 0 Å². The lowest BCUT2D eigenvalue weighted by molar-refractivity contribution is 0.569. The Balaban J connectivity index is 1.96. The van der Waals surface area contributed by atoms with Gasteiger partial charge in [0, 0.05) is 17.1 Å². The minimum absolute atomic E-state index is 0.187. The van der Waals surface area contributed by atoms with E-state index in [0.717, 1.165) is 5.56 Å². The maximum atomic E-state index is 12.2. The maximum Gasteiger partial charge on any atom is 0.241 e. The third-order valence-electron chi connectivity index (χ3n) is 3.10. The molecule has 0 radical (unpaired) electrons. The highest BCUT2D eigenvalue weighted by molar-refractivity contribution is 9.10. The van der Waals surface area contributed by atoms with Gasteiger partial charge in [0.25, 0.3) is 0 Å². The van der Waals surface area contributed by atoms with Crippen LogP contribution in [-0.2, 0) is 10.0 Å². The molecule has 0 aliphatic rings. The smallest absolute Gasteiger partial charge is 0.241 e. The van der Waals surface area contributed by atoms with Gasteiger partial charge in [-0.15, -0.1) is 0 Å². The quantitative estimate of drug-likeness (QED) is 0.823. The van der Waals surface area contributed by atoms with Crippen molar-refractivity contribution in [3.05, 3.63) is 64.6 Å². The van der Waals surface area contributed by atoms with Crippen LogP contribution in [0.1, 0.15) is 18.0 Å². The predicted molar refractivity (Wildman–Crippen MR) is 87.3 cm³/mol. The van der Waals surface area contributed by atoms with Crippen molar-refractivity contribution in [2.24, 2.45) is 5.73 Å². The zero-order chi connectivity index (χ0) is 15.3. The molecule has 2 aromatic rings. The monoisotopic (exact) mass is 368 g/mol. The summed E-state index contributed by atoms with van der Waals surface area (Å²) in [6.45, 7) is 0.291. The highest BCUT2D eigenvalue weighted by Crippen LogP contribution is 2.21. The molecule has 0 aliphatic heterocycles. The van der Waals surface area contributed by atoms with Crippen LogP contribution in [0.4, 0.5) is 0 Å². The van der Waals surface area contributed by atoms with Gasteiger partial charge in [-0.05, 0) is 40.0 Å².